The van der Waals surface area contributed by atoms with Gasteiger partial charge >= 0.3 is 0 Å². The van der Waals surface area contributed by atoms with Crippen LogP contribution in [0.2, 0.25) is 0 Å². The lowest BCUT2D eigenvalue weighted by molar-refractivity contribution is 0.0952. The van der Waals surface area contributed by atoms with Gasteiger partial charge in [0.1, 0.15) is 11.6 Å². The molecule has 6 nitrogen and oxygen atoms in total. The van der Waals surface area contributed by atoms with Crippen LogP contribution in [0.15, 0.2) is 60.7 Å². The minimum Gasteiger partial charge on any atom is -0.493 e. The Bertz CT molecular complexity index is 1250. The van der Waals surface area contributed by atoms with E-state index in [0.29, 0.717) is 42.9 Å². The molecular weight excluding hydrogens is 493 g/mol. The highest BCUT2D eigenvalue weighted by Gasteiger charge is 2.10. The highest BCUT2D eigenvalue weighted by atomic mass is 19.1. The molecule has 0 saturated heterocycles. The van der Waals surface area contributed by atoms with Gasteiger partial charge in [0.2, 0.25) is 5.91 Å². The van der Waals surface area contributed by atoms with Gasteiger partial charge in [-0.1, -0.05) is 31.2 Å². The number of hydrogen-bond acceptors (Lipinski definition) is 4. The summed E-state index contributed by atoms with van der Waals surface area (Å²) >= 11 is 0. The predicted octanol–water partition coefficient (Wildman–Crippen LogP) is 5.50. The van der Waals surface area contributed by atoms with Crippen LogP contribution in [0.25, 0.3) is 0 Å². The van der Waals surface area contributed by atoms with Crippen molar-refractivity contribution in [1.29, 1.82) is 0 Å². The number of hydrogen-bond donors (Lipinski definition) is 3. The Balaban J connectivity index is 1.31. The number of benzene rings is 3. The van der Waals surface area contributed by atoms with Crippen molar-refractivity contribution in [3.05, 3.63) is 99.9 Å². The van der Waals surface area contributed by atoms with Gasteiger partial charge in [-0.2, -0.15) is 0 Å². The summed E-state index contributed by atoms with van der Waals surface area (Å²) in [5.41, 5.74) is 10.4. The van der Waals surface area contributed by atoms with Crippen LogP contribution in [-0.2, 0) is 19.4 Å². The van der Waals surface area contributed by atoms with Crippen molar-refractivity contribution >= 4 is 11.8 Å². The van der Waals surface area contributed by atoms with Crippen molar-refractivity contribution in [3.63, 3.8) is 0 Å². The van der Waals surface area contributed by atoms with Crippen LogP contribution in [-0.4, -0.2) is 31.5 Å². The van der Waals surface area contributed by atoms with E-state index in [9.17, 15) is 14.0 Å². The van der Waals surface area contributed by atoms with E-state index in [1.54, 1.807) is 18.2 Å². The van der Waals surface area contributed by atoms with Gasteiger partial charge in [-0.05, 0) is 105 Å². The fourth-order valence-electron chi connectivity index (χ4n) is 4.40. The lowest BCUT2D eigenvalue weighted by atomic mass is 10.1. The molecule has 3 aromatic rings. The molecule has 4 N–H and O–H groups in total. The summed E-state index contributed by atoms with van der Waals surface area (Å²) in [5.74, 6) is -0.580. The molecule has 0 radical (unpaired) electrons. The Kier molecular flexibility index (Phi) is 12.0. The van der Waals surface area contributed by atoms with E-state index in [1.165, 1.54) is 23.3 Å². The van der Waals surface area contributed by atoms with E-state index in [2.05, 4.69) is 41.8 Å². The number of nitrogens with two attached hydrogens (primary N) is 1. The van der Waals surface area contributed by atoms with Gasteiger partial charge in [-0.3, -0.25) is 9.59 Å². The highest BCUT2D eigenvalue weighted by molar-refractivity contribution is 5.99. The Morgan fingerprint density at radius 3 is 2.44 bits per heavy atom. The summed E-state index contributed by atoms with van der Waals surface area (Å²) in [7, 11) is 0. The van der Waals surface area contributed by atoms with Crippen LogP contribution >= 0.6 is 0 Å². The number of unbranched alkanes of at least 4 members (excludes halogenated alkanes) is 2. The largest absolute Gasteiger partial charge is 0.493 e. The molecular formula is C32H40FN3O3. The molecule has 7 heteroatoms. The van der Waals surface area contributed by atoms with Crippen molar-refractivity contribution in [3.8, 4) is 5.75 Å². The van der Waals surface area contributed by atoms with Crippen molar-refractivity contribution < 1.29 is 18.7 Å². The van der Waals surface area contributed by atoms with Crippen LogP contribution in [0.3, 0.4) is 0 Å². The molecule has 0 fully saturated rings. The van der Waals surface area contributed by atoms with E-state index < -0.39 is 5.91 Å². The Labute approximate surface area is 231 Å². The van der Waals surface area contributed by atoms with Crippen LogP contribution in [0, 0.1) is 12.7 Å². The number of halogens is 1. The van der Waals surface area contributed by atoms with Crippen molar-refractivity contribution in [2.45, 2.75) is 58.9 Å². The summed E-state index contributed by atoms with van der Waals surface area (Å²) in [4.78, 5) is 23.8. The first-order chi connectivity index (χ1) is 18.8. The molecule has 0 unspecified atom stereocenters. The smallest absolute Gasteiger partial charge is 0.251 e. The molecule has 3 rings (SSSR count). The molecule has 2 amide bonds. The molecule has 0 saturated carbocycles. The maximum absolute atomic E-state index is 14.1. The number of rotatable bonds is 16. The molecule has 208 valence electrons. The van der Waals surface area contributed by atoms with Gasteiger partial charge < -0.3 is 21.1 Å². The SMILES string of the molecule is CCc1cccc(CNCCCCc2cc(F)cc(OCCCCNC(=O)c3cc(C)cc(C(N)=O)c3)c2)c1. The molecule has 0 aliphatic heterocycles. The fraction of sp³-hybridized carbons (Fsp3) is 0.375. The number of nitrogens with one attached hydrogen (secondary N) is 2. The Morgan fingerprint density at radius 2 is 1.64 bits per heavy atom. The molecule has 0 aliphatic carbocycles. The zero-order valence-electron chi connectivity index (χ0n) is 23.0. The van der Waals surface area contributed by atoms with Gasteiger partial charge in [-0.25, -0.2) is 4.39 Å². The van der Waals surface area contributed by atoms with Crippen molar-refractivity contribution in [2.24, 2.45) is 5.73 Å². The topological polar surface area (TPSA) is 93.4 Å². The third-order valence-electron chi connectivity index (χ3n) is 6.48. The number of aryl methyl sites for hydroxylation is 3. The second kappa shape index (κ2) is 15.6. The molecule has 0 aromatic heterocycles. The Hall–Kier alpha value is -3.71. The zero-order valence-corrected chi connectivity index (χ0v) is 23.0. The van der Waals surface area contributed by atoms with E-state index in [0.717, 1.165) is 49.9 Å². The molecule has 0 bridgehead atoms. The van der Waals surface area contributed by atoms with E-state index in [1.807, 2.05) is 13.0 Å². The second-order valence-corrected chi connectivity index (χ2v) is 9.87. The van der Waals surface area contributed by atoms with Gasteiger partial charge in [-0.15, -0.1) is 0 Å². The lowest BCUT2D eigenvalue weighted by Gasteiger charge is -2.10. The van der Waals surface area contributed by atoms with Crippen molar-refractivity contribution in [2.75, 3.05) is 19.7 Å². The number of primary amides is 1. The van der Waals surface area contributed by atoms with Gasteiger partial charge in [0.25, 0.3) is 5.91 Å². The first kappa shape index (κ1) is 29.8. The molecule has 0 spiro atoms. The quantitative estimate of drug-likeness (QED) is 0.212. The monoisotopic (exact) mass is 533 g/mol. The Morgan fingerprint density at radius 1 is 0.872 bits per heavy atom. The van der Waals surface area contributed by atoms with Crippen LogP contribution in [0.5, 0.6) is 5.75 Å². The van der Waals surface area contributed by atoms with E-state index in [4.69, 9.17) is 10.5 Å². The van der Waals surface area contributed by atoms with Crippen LogP contribution in [0.4, 0.5) is 4.39 Å². The zero-order chi connectivity index (χ0) is 28.0. The maximum Gasteiger partial charge on any atom is 0.251 e. The van der Waals surface area contributed by atoms with Gasteiger partial charge in [0.05, 0.1) is 6.61 Å². The average Bonchev–Trinajstić information content (AvgIpc) is 2.91. The predicted molar refractivity (Wildman–Crippen MR) is 154 cm³/mol. The van der Waals surface area contributed by atoms with E-state index >= 15 is 0 Å². The number of amides is 2. The summed E-state index contributed by atoms with van der Waals surface area (Å²) in [6.45, 7) is 6.64. The number of ether oxygens (including phenoxy) is 1. The average molecular weight is 534 g/mol. The highest BCUT2D eigenvalue weighted by Crippen LogP contribution is 2.18. The molecule has 3 aromatic carbocycles. The lowest BCUT2D eigenvalue weighted by Crippen LogP contribution is -2.25. The summed E-state index contributed by atoms with van der Waals surface area (Å²) in [6, 6.07) is 18.4. The normalized spacial score (nSPS) is 10.8. The second-order valence-electron chi connectivity index (χ2n) is 9.87. The molecule has 0 aliphatic rings. The number of carbonyl (C=O) groups is 2. The first-order valence-electron chi connectivity index (χ1n) is 13.7. The summed E-state index contributed by atoms with van der Waals surface area (Å²) < 4.78 is 19.9. The van der Waals surface area contributed by atoms with Crippen molar-refractivity contribution in [1.82, 2.24) is 10.6 Å². The minimum absolute atomic E-state index is 0.252. The number of carbonyl (C=O) groups excluding carboxylic acids is 2. The fourth-order valence-corrected chi connectivity index (χ4v) is 4.40. The van der Waals surface area contributed by atoms with Gasteiger partial charge in [0, 0.05) is 30.3 Å². The maximum atomic E-state index is 14.1. The van der Waals surface area contributed by atoms with Crippen LogP contribution in [0.1, 0.15) is 75.6 Å². The summed E-state index contributed by atoms with van der Waals surface area (Å²) in [5, 5.41) is 6.34. The van der Waals surface area contributed by atoms with Gasteiger partial charge in [0.15, 0.2) is 0 Å². The summed E-state index contributed by atoms with van der Waals surface area (Å²) in [6.07, 6.45) is 5.23. The van der Waals surface area contributed by atoms with E-state index in [-0.39, 0.29) is 11.7 Å². The molecule has 39 heavy (non-hydrogen) atoms. The molecule has 0 heterocycles. The van der Waals surface area contributed by atoms with Crippen LogP contribution < -0.4 is 21.1 Å². The minimum atomic E-state index is -0.563. The third-order valence-corrected chi connectivity index (χ3v) is 6.48. The first-order valence-corrected chi connectivity index (χ1v) is 13.7. The molecule has 0 atom stereocenters. The standard InChI is InChI=1S/C32H40FN3O3/c1-3-24-10-8-11-26(17-24)22-35-12-5-4-9-25-18-29(33)21-30(19-25)39-14-7-6-13-36-32(38)28-16-23(2)15-27(20-28)31(34)37/h8,10-11,15-21,35H,3-7,9,12-14,22H2,1-2H3,(H2,34,37)(H,36,38). The third kappa shape index (κ3) is 10.5.